The van der Waals surface area contributed by atoms with Crippen molar-refractivity contribution >= 4 is 5.97 Å². The Morgan fingerprint density at radius 2 is 2.36 bits per heavy atom. The summed E-state index contributed by atoms with van der Waals surface area (Å²) in [6.07, 6.45) is 3.40. The van der Waals surface area contributed by atoms with Crippen LogP contribution in [0.2, 0.25) is 0 Å². The van der Waals surface area contributed by atoms with Crippen LogP contribution in [-0.4, -0.2) is 47.3 Å². The normalized spacial score (nSPS) is 37.4. The van der Waals surface area contributed by atoms with E-state index in [1.165, 1.54) is 6.42 Å². The smallest absolute Gasteiger partial charge is 0.317 e. The fourth-order valence-corrected chi connectivity index (χ4v) is 3.10. The van der Waals surface area contributed by atoms with E-state index in [4.69, 9.17) is 5.11 Å². The van der Waals surface area contributed by atoms with Crippen LogP contribution in [0.25, 0.3) is 0 Å². The van der Waals surface area contributed by atoms with Crippen molar-refractivity contribution in [3.05, 3.63) is 0 Å². The van der Waals surface area contributed by atoms with Crippen LogP contribution in [0.5, 0.6) is 0 Å². The molecule has 1 aliphatic carbocycles. The number of carboxylic acids is 1. The Balaban J connectivity index is 2.01. The van der Waals surface area contributed by atoms with E-state index < -0.39 is 5.97 Å². The van der Waals surface area contributed by atoms with Crippen LogP contribution in [-0.2, 0) is 4.79 Å². The Morgan fingerprint density at radius 1 is 1.57 bits per heavy atom. The largest absolute Gasteiger partial charge is 0.480 e. The van der Waals surface area contributed by atoms with Crippen molar-refractivity contribution in [1.29, 1.82) is 0 Å². The maximum atomic E-state index is 10.6. The highest BCUT2D eigenvalue weighted by Crippen LogP contribution is 2.48. The monoisotopic (exact) mass is 199 g/mol. The second-order valence-corrected chi connectivity index (χ2v) is 4.67. The van der Waals surface area contributed by atoms with Gasteiger partial charge in [0.15, 0.2) is 0 Å². The summed E-state index contributed by atoms with van der Waals surface area (Å²) in [5, 5.41) is 18.1. The molecule has 0 aromatic carbocycles. The molecular weight excluding hydrogens is 182 g/mol. The van der Waals surface area contributed by atoms with E-state index in [-0.39, 0.29) is 18.6 Å². The number of carbonyl (C=O) groups is 1. The second kappa shape index (κ2) is 3.51. The summed E-state index contributed by atoms with van der Waals surface area (Å²) in [6.45, 7) is 1.96. The predicted molar refractivity (Wildman–Crippen MR) is 50.9 cm³/mol. The third-order valence-electron chi connectivity index (χ3n) is 3.78. The van der Waals surface area contributed by atoms with Gasteiger partial charge in [-0.1, -0.05) is 6.42 Å². The van der Waals surface area contributed by atoms with Crippen LogP contribution < -0.4 is 0 Å². The SMILES string of the molecule is O=C(O)CN1C[C@@H]2CCC[C@]2(CO)C1. The standard InChI is InChI=1S/C10H17NO3/c12-7-10-3-1-2-8(10)4-11(6-10)5-9(13)14/h8,12H,1-7H2,(H,13,14)/t8-,10+/m0/s1. The molecular formula is C10H17NO3. The van der Waals surface area contributed by atoms with Gasteiger partial charge in [0.2, 0.25) is 0 Å². The van der Waals surface area contributed by atoms with Crippen molar-refractivity contribution in [2.45, 2.75) is 19.3 Å². The molecule has 0 amide bonds. The number of likely N-dealkylation sites (tertiary alicyclic amines) is 1. The van der Waals surface area contributed by atoms with Gasteiger partial charge in [0, 0.05) is 18.5 Å². The minimum Gasteiger partial charge on any atom is -0.480 e. The lowest BCUT2D eigenvalue weighted by Crippen LogP contribution is -2.33. The van der Waals surface area contributed by atoms with Gasteiger partial charge in [-0.15, -0.1) is 0 Å². The molecule has 2 rings (SSSR count). The zero-order valence-electron chi connectivity index (χ0n) is 8.28. The highest BCUT2D eigenvalue weighted by atomic mass is 16.4. The first-order chi connectivity index (χ1) is 6.66. The molecule has 0 bridgehead atoms. The number of aliphatic carboxylic acids is 1. The zero-order valence-corrected chi connectivity index (χ0v) is 8.28. The van der Waals surface area contributed by atoms with Gasteiger partial charge < -0.3 is 10.2 Å². The van der Waals surface area contributed by atoms with Crippen LogP contribution in [0, 0.1) is 11.3 Å². The molecule has 4 heteroatoms. The molecule has 1 saturated heterocycles. The Bertz CT molecular complexity index is 244. The maximum absolute atomic E-state index is 10.6. The fraction of sp³-hybridized carbons (Fsp3) is 0.900. The third kappa shape index (κ3) is 1.53. The molecule has 0 aromatic heterocycles. The van der Waals surface area contributed by atoms with E-state index in [0.717, 1.165) is 25.9 Å². The van der Waals surface area contributed by atoms with Crippen molar-refractivity contribution in [3.8, 4) is 0 Å². The molecule has 0 aromatic rings. The van der Waals surface area contributed by atoms with E-state index in [1.54, 1.807) is 0 Å². The van der Waals surface area contributed by atoms with Crippen LogP contribution in [0.15, 0.2) is 0 Å². The molecule has 1 heterocycles. The van der Waals surface area contributed by atoms with Crippen molar-refractivity contribution in [2.24, 2.45) is 11.3 Å². The molecule has 2 fully saturated rings. The fourth-order valence-electron chi connectivity index (χ4n) is 3.10. The molecule has 14 heavy (non-hydrogen) atoms. The van der Waals surface area contributed by atoms with Gasteiger partial charge in [-0.05, 0) is 18.8 Å². The first kappa shape index (κ1) is 9.93. The third-order valence-corrected chi connectivity index (χ3v) is 3.78. The molecule has 2 aliphatic rings. The second-order valence-electron chi connectivity index (χ2n) is 4.67. The highest BCUT2D eigenvalue weighted by Gasteiger charge is 2.48. The van der Waals surface area contributed by atoms with Gasteiger partial charge in [0.1, 0.15) is 0 Å². The minimum absolute atomic E-state index is 0.0233. The van der Waals surface area contributed by atoms with E-state index in [1.807, 2.05) is 4.90 Å². The summed E-state index contributed by atoms with van der Waals surface area (Å²) in [4.78, 5) is 12.5. The summed E-state index contributed by atoms with van der Waals surface area (Å²) in [7, 11) is 0. The van der Waals surface area contributed by atoms with Gasteiger partial charge in [0.25, 0.3) is 0 Å². The quantitative estimate of drug-likeness (QED) is 0.680. The van der Waals surface area contributed by atoms with Gasteiger partial charge >= 0.3 is 5.97 Å². The van der Waals surface area contributed by atoms with E-state index in [0.29, 0.717) is 5.92 Å². The van der Waals surface area contributed by atoms with Gasteiger partial charge in [-0.3, -0.25) is 9.69 Å². The summed E-state index contributed by atoms with van der Waals surface area (Å²) in [5.41, 5.74) is 0.0233. The first-order valence-electron chi connectivity index (χ1n) is 5.21. The van der Waals surface area contributed by atoms with Gasteiger partial charge in [-0.25, -0.2) is 0 Å². The van der Waals surface area contributed by atoms with E-state index in [9.17, 15) is 9.90 Å². The summed E-state index contributed by atoms with van der Waals surface area (Å²) in [6, 6.07) is 0. The lowest BCUT2D eigenvalue weighted by Gasteiger charge is -2.25. The number of carboxylic acid groups (broad SMARTS) is 1. The lowest BCUT2D eigenvalue weighted by molar-refractivity contribution is -0.138. The van der Waals surface area contributed by atoms with Crippen LogP contribution in [0.3, 0.4) is 0 Å². The molecule has 0 spiro atoms. The molecule has 1 saturated carbocycles. The highest BCUT2D eigenvalue weighted by molar-refractivity contribution is 5.69. The zero-order chi connectivity index (χ0) is 10.2. The van der Waals surface area contributed by atoms with Gasteiger partial charge in [-0.2, -0.15) is 0 Å². The Hall–Kier alpha value is -0.610. The summed E-state index contributed by atoms with van der Waals surface area (Å²) in [5.74, 6) is -0.245. The van der Waals surface area contributed by atoms with Gasteiger partial charge in [0.05, 0.1) is 13.2 Å². The lowest BCUT2D eigenvalue weighted by atomic mass is 9.82. The first-order valence-corrected chi connectivity index (χ1v) is 5.21. The van der Waals surface area contributed by atoms with Crippen molar-refractivity contribution < 1.29 is 15.0 Å². The van der Waals surface area contributed by atoms with E-state index >= 15 is 0 Å². The number of hydrogen-bond donors (Lipinski definition) is 2. The number of rotatable bonds is 3. The maximum Gasteiger partial charge on any atom is 0.317 e. The number of nitrogens with zero attached hydrogens (tertiary/aromatic N) is 1. The molecule has 4 nitrogen and oxygen atoms in total. The number of hydrogen-bond acceptors (Lipinski definition) is 3. The minimum atomic E-state index is -0.766. The molecule has 2 N–H and O–H groups in total. The molecule has 0 unspecified atom stereocenters. The van der Waals surface area contributed by atoms with Crippen molar-refractivity contribution in [3.63, 3.8) is 0 Å². The summed E-state index contributed by atoms with van der Waals surface area (Å²) >= 11 is 0. The van der Waals surface area contributed by atoms with Crippen LogP contribution in [0.4, 0.5) is 0 Å². The van der Waals surface area contributed by atoms with Crippen LogP contribution >= 0.6 is 0 Å². The van der Waals surface area contributed by atoms with E-state index in [2.05, 4.69) is 0 Å². The Labute approximate surface area is 83.5 Å². The Kier molecular flexibility index (Phi) is 2.49. The molecule has 1 aliphatic heterocycles. The summed E-state index contributed by atoms with van der Waals surface area (Å²) < 4.78 is 0. The number of aliphatic hydroxyl groups is 1. The number of fused-ring (bicyclic) bond motifs is 1. The molecule has 2 atom stereocenters. The molecule has 0 radical (unpaired) electrons. The average molecular weight is 199 g/mol. The van der Waals surface area contributed by atoms with Crippen molar-refractivity contribution in [2.75, 3.05) is 26.2 Å². The predicted octanol–water partition coefficient (Wildman–Crippen LogP) is 0.165. The Morgan fingerprint density at radius 3 is 2.93 bits per heavy atom. The molecule has 80 valence electrons. The van der Waals surface area contributed by atoms with Crippen molar-refractivity contribution in [1.82, 2.24) is 4.90 Å². The topological polar surface area (TPSA) is 60.8 Å². The number of aliphatic hydroxyl groups excluding tert-OH is 1. The van der Waals surface area contributed by atoms with Crippen LogP contribution in [0.1, 0.15) is 19.3 Å². The average Bonchev–Trinajstić information content (AvgIpc) is 2.59.